The van der Waals surface area contributed by atoms with Gasteiger partial charge in [0.05, 0.1) is 12.3 Å². The van der Waals surface area contributed by atoms with Crippen LogP contribution in [0.2, 0.25) is 0 Å². The predicted octanol–water partition coefficient (Wildman–Crippen LogP) is 6.61. The predicted molar refractivity (Wildman–Crippen MR) is 124 cm³/mol. The van der Waals surface area contributed by atoms with Gasteiger partial charge >= 0.3 is 0 Å². The Kier molecular flexibility index (Phi) is 14.1. The fourth-order valence-electron chi connectivity index (χ4n) is 3.32. The summed E-state index contributed by atoms with van der Waals surface area (Å²) < 4.78 is 30.1. The van der Waals surface area contributed by atoms with Crippen molar-refractivity contribution in [3.05, 3.63) is 36.9 Å². The molecule has 0 fully saturated rings. The first-order valence-electron chi connectivity index (χ1n) is 11.4. The first-order chi connectivity index (χ1) is 14.5. The van der Waals surface area contributed by atoms with Crippen LogP contribution >= 0.6 is 0 Å². The van der Waals surface area contributed by atoms with Crippen LogP contribution in [-0.4, -0.2) is 20.9 Å². The van der Waals surface area contributed by atoms with Crippen molar-refractivity contribution in [3.8, 4) is 0 Å². The number of nitrogens with one attached hydrogen (secondary N) is 1. The van der Waals surface area contributed by atoms with Crippen LogP contribution in [0.5, 0.6) is 0 Å². The molecule has 1 aromatic carbocycles. The van der Waals surface area contributed by atoms with Crippen LogP contribution < -0.4 is 5.32 Å². The highest BCUT2D eigenvalue weighted by atomic mass is 32.2. The van der Waals surface area contributed by atoms with Gasteiger partial charge in [0.15, 0.2) is 0 Å². The van der Waals surface area contributed by atoms with Crippen molar-refractivity contribution in [1.29, 1.82) is 0 Å². The number of anilines is 1. The van der Waals surface area contributed by atoms with Gasteiger partial charge in [0.2, 0.25) is 5.91 Å². The van der Waals surface area contributed by atoms with Crippen molar-refractivity contribution in [1.82, 2.24) is 0 Å². The zero-order valence-electron chi connectivity index (χ0n) is 18.5. The summed E-state index contributed by atoms with van der Waals surface area (Å²) >= 11 is 0. The third kappa shape index (κ3) is 11.5. The zero-order chi connectivity index (χ0) is 22.1. The van der Waals surface area contributed by atoms with E-state index in [2.05, 4.69) is 18.8 Å². The lowest BCUT2D eigenvalue weighted by Crippen LogP contribution is -2.14. The highest BCUT2D eigenvalue weighted by molar-refractivity contribution is 7.87. The van der Waals surface area contributed by atoms with Gasteiger partial charge in [0, 0.05) is 0 Å². The summed E-state index contributed by atoms with van der Waals surface area (Å²) in [6.45, 7) is 5.78. The SMILES string of the molecule is C=CC(=O)Nc1ccccc1S(=O)(=O)OCCCCCCCCCCCCCCC. The minimum Gasteiger partial charge on any atom is -0.321 e. The summed E-state index contributed by atoms with van der Waals surface area (Å²) in [6.07, 6.45) is 17.1. The van der Waals surface area contributed by atoms with Crippen LogP contribution in [0.3, 0.4) is 0 Å². The van der Waals surface area contributed by atoms with Crippen molar-refractivity contribution in [3.63, 3.8) is 0 Å². The van der Waals surface area contributed by atoms with Gasteiger partial charge in [0.1, 0.15) is 4.90 Å². The Labute approximate surface area is 183 Å². The van der Waals surface area contributed by atoms with Gasteiger partial charge in [-0.15, -0.1) is 0 Å². The second kappa shape index (κ2) is 16.1. The van der Waals surface area contributed by atoms with Crippen LogP contribution in [-0.2, 0) is 19.1 Å². The maximum atomic E-state index is 12.4. The minimum absolute atomic E-state index is 0.0325. The largest absolute Gasteiger partial charge is 0.321 e. The molecule has 0 saturated heterocycles. The molecule has 1 aromatic rings. The minimum atomic E-state index is -3.91. The molecule has 5 nitrogen and oxygen atoms in total. The Morgan fingerprint density at radius 2 is 1.40 bits per heavy atom. The molecule has 1 amide bonds. The van der Waals surface area contributed by atoms with Crippen LogP contribution in [0.15, 0.2) is 41.8 Å². The fraction of sp³-hybridized carbons (Fsp3) is 0.625. The average Bonchev–Trinajstić information content (AvgIpc) is 2.74. The number of carbonyl (C=O) groups excluding carboxylic acids is 1. The Morgan fingerprint density at radius 3 is 1.93 bits per heavy atom. The quantitative estimate of drug-likeness (QED) is 0.159. The van der Waals surface area contributed by atoms with E-state index in [0.29, 0.717) is 6.42 Å². The molecule has 0 atom stereocenters. The van der Waals surface area contributed by atoms with Crippen LogP contribution in [0, 0.1) is 0 Å². The number of benzene rings is 1. The second-order valence-electron chi connectivity index (χ2n) is 7.71. The number of unbranched alkanes of at least 4 members (excludes halogenated alkanes) is 12. The van der Waals surface area contributed by atoms with Gasteiger partial charge < -0.3 is 5.32 Å². The number of amides is 1. The number of hydrogen-bond donors (Lipinski definition) is 1. The first-order valence-corrected chi connectivity index (χ1v) is 12.8. The number of hydrogen-bond acceptors (Lipinski definition) is 4. The Morgan fingerprint density at radius 1 is 0.900 bits per heavy atom. The van der Waals surface area contributed by atoms with Crippen molar-refractivity contribution in [2.45, 2.75) is 95.3 Å². The third-order valence-electron chi connectivity index (χ3n) is 5.09. The van der Waals surface area contributed by atoms with Crippen molar-refractivity contribution < 1.29 is 17.4 Å². The molecule has 0 aliphatic carbocycles. The lowest BCUT2D eigenvalue weighted by Gasteiger charge is -2.11. The monoisotopic (exact) mass is 437 g/mol. The normalized spacial score (nSPS) is 11.4. The van der Waals surface area contributed by atoms with Crippen molar-refractivity contribution >= 4 is 21.7 Å². The van der Waals surface area contributed by atoms with E-state index in [1.165, 1.54) is 76.3 Å². The highest BCUT2D eigenvalue weighted by Gasteiger charge is 2.19. The first kappa shape index (κ1) is 26.4. The van der Waals surface area contributed by atoms with Gasteiger partial charge in [-0.05, 0) is 24.6 Å². The van der Waals surface area contributed by atoms with E-state index in [0.717, 1.165) is 18.9 Å². The summed E-state index contributed by atoms with van der Waals surface area (Å²) in [7, 11) is -3.91. The lowest BCUT2D eigenvalue weighted by atomic mass is 10.0. The van der Waals surface area contributed by atoms with Gasteiger partial charge in [-0.1, -0.05) is 103 Å². The molecule has 0 bridgehead atoms. The van der Waals surface area contributed by atoms with Gasteiger partial charge in [-0.2, -0.15) is 8.42 Å². The molecule has 170 valence electrons. The summed E-state index contributed by atoms with van der Waals surface area (Å²) in [5.74, 6) is -0.464. The van der Waals surface area contributed by atoms with Crippen LogP contribution in [0.1, 0.15) is 90.4 Å². The standard InChI is InChI=1S/C24H39NO4S/c1-3-5-6-7-8-9-10-11-12-13-14-15-18-21-29-30(27,28)23-20-17-16-19-22(23)25-24(26)4-2/h4,16-17,19-20H,2-3,5-15,18,21H2,1H3,(H,25,26). The smallest absolute Gasteiger partial charge is 0.299 e. The molecule has 0 saturated carbocycles. The van der Waals surface area contributed by atoms with Crippen molar-refractivity contribution in [2.75, 3.05) is 11.9 Å². The molecular weight excluding hydrogens is 398 g/mol. The summed E-state index contributed by atoms with van der Waals surface area (Å²) in [5, 5.41) is 2.50. The van der Waals surface area contributed by atoms with Crippen molar-refractivity contribution in [2.24, 2.45) is 0 Å². The van der Waals surface area contributed by atoms with E-state index in [1.807, 2.05) is 0 Å². The highest BCUT2D eigenvalue weighted by Crippen LogP contribution is 2.23. The van der Waals surface area contributed by atoms with E-state index in [-0.39, 0.29) is 17.2 Å². The average molecular weight is 438 g/mol. The third-order valence-corrected chi connectivity index (χ3v) is 6.46. The number of para-hydroxylation sites is 1. The van der Waals surface area contributed by atoms with Gasteiger partial charge in [-0.25, -0.2) is 0 Å². The number of carbonyl (C=O) groups is 1. The molecule has 1 rings (SSSR count). The van der Waals surface area contributed by atoms with Gasteiger partial charge in [0.25, 0.3) is 10.1 Å². The summed E-state index contributed by atoms with van der Waals surface area (Å²) in [6, 6.07) is 6.22. The molecule has 6 heteroatoms. The summed E-state index contributed by atoms with van der Waals surface area (Å²) in [5.41, 5.74) is 0.202. The van der Waals surface area contributed by atoms with E-state index in [4.69, 9.17) is 4.18 Å². The Bertz CT molecular complexity index is 716. The molecule has 0 heterocycles. The fourth-order valence-corrected chi connectivity index (χ4v) is 4.42. The molecule has 0 aromatic heterocycles. The molecule has 0 radical (unpaired) electrons. The zero-order valence-corrected chi connectivity index (χ0v) is 19.4. The molecule has 0 aliphatic rings. The molecular formula is C24H39NO4S. The molecule has 0 spiro atoms. The van der Waals surface area contributed by atoms with E-state index >= 15 is 0 Å². The van der Waals surface area contributed by atoms with Crippen LogP contribution in [0.4, 0.5) is 5.69 Å². The molecule has 0 unspecified atom stereocenters. The van der Waals surface area contributed by atoms with Crippen LogP contribution in [0.25, 0.3) is 0 Å². The molecule has 1 N–H and O–H groups in total. The molecule has 0 aliphatic heterocycles. The Hall–Kier alpha value is -1.66. The Balaban J connectivity index is 2.15. The maximum absolute atomic E-state index is 12.4. The maximum Gasteiger partial charge on any atom is 0.299 e. The lowest BCUT2D eigenvalue weighted by molar-refractivity contribution is -0.111. The summed E-state index contributed by atoms with van der Waals surface area (Å²) in [4.78, 5) is 11.5. The van der Waals surface area contributed by atoms with E-state index in [1.54, 1.807) is 12.1 Å². The topological polar surface area (TPSA) is 72.5 Å². The van der Waals surface area contributed by atoms with E-state index < -0.39 is 16.0 Å². The van der Waals surface area contributed by atoms with E-state index in [9.17, 15) is 13.2 Å². The molecule has 30 heavy (non-hydrogen) atoms. The van der Waals surface area contributed by atoms with Gasteiger partial charge in [-0.3, -0.25) is 8.98 Å². The number of rotatable bonds is 18. The second-order valence-corrected chi connectivity index (χ2v) is 9.29.